The molecule has 0 spiro atoms. The molecule has 0 saturated heterocycles. The van der Waals surface area contributed by atoms with Crippen molar-refractivity contribution in [3.8, 4) is 5.75 Å². The molecule has 4 heteroatoms. The third-order valence-corrected chi connectivity index (χ3v) is 2.66. The van der Waals surface area contributed by atoms with Gasteiger partial charge in [0.2, 0.25) is 0 Å². The topological polar surface area (TPSA) is 42.2 Å². The van der Waals surface area contributed by atoms with Crippen LogP contribution in [0.25, 0.3) is 0 Å². The number of benzene rings is 1. The molecule has 0 aliphatic rings. The van der Waals surface area contributed by atoms with Gasteiger partial charge in [-0.2, -0.15) is 0 Å². The zero-order valence-corrected chi connectivity index (χ0v) is 9.89. The van der Waals surface area contributed by atoms with Gasteiger partial charge in [-0.05, 0) is 23.8 Å². The number of carbonyl (C=O) groups is 1. The average Bonchev–Trinajstić information content (AvgIpc) is 2.67. The molecule has 0 aliphatic heterocycles. The molecule has 0 unspecified atom stereocenters. The Morgan fingerprint density at radius 2 is 1.94 bits per heavy atom. The number of rotatable bonds is 4. The second-order valence-electron chi connectivity index (χ2n) is 3.88. The van der Waals surface area contributed by atoms with Crippen LogP contribution in [0.4, 0.5) is 0 Å². The molecule has 1 heterocycles. The van der Waals surface area contributed by atoms with Gasteiger partial charge in [-0.25, -0.2) is 0 Å². The van der Waals surface area contributed by atoms with E-state index in [1.807, 2.05) is 12.1 Å². The highest BCUT2D eigenvalue weighted by atomic mass is 35.5. The summed E-state index contributed by atoms with van der Waals surface area (Å²) in [6, 6.07) is 8.77. The Kier molecular flexibility index (Phi) is 3.49. The third-order valence-electron chi connectivity index (χ3n) is 2.41. The predicted molar refractivity (Wildman–Crippen MR) is 66.3 cm³/mol. The molecule has 0 radical (unpaired) electrons. The molecule has 0 aliphatic carbocycles. The second kappa shape index (κ2) is 5.06. The smallest absolute Gasteiger partial charge is 0.156 e. The average molecular weight is 250 g/mol. The monoisotopic (exact) mass is 249 g/mol. The first-order chi connectivity index (χ1) is 8.13. The van der Waals surface area contributed by atoms with Crippen molar-refractivity contribution in [2.75, 3.05) is 0 Å². The van der Waals surface area contributed by atoms with E-state index < -0.39 is 0 Å². The summed E-state index contributed by atoms with van der Waals surface area (Å²) in [6.07, 6.45) is 3.57. The molecule has 88 valence electrons. The lowest BCUT2D eigenvalue weighted by Crippen LogP contribution is -2.10. The summed E-state index contributed by atoms with van der Waals surface area (Å²) >= 11 is 5.76. The number of aromatic nitrogens is 1. The first-order valence-electron chi connectivity index (χ1n) is 5.24. The summed E-state index contributed by atoms with van der Waals surface area (Å²) in [4.78, 5) is 11.7. The Morgan fingerprint density at radius 3 is 2.53 bits per heavy atom. The number of hydrogen-bond acceptors (Lipinski definition) is 2. The molecule has 0 saturated carbocycles. The van der Waals surface area contributed by atoms with Crippen molar-refractivity contribution >= 4 is 17.4 Å². The third kappa shape index (κ3) is 3.36. The van der Waals surface area contributed by atoms with E-state index in [-0.39, 0.29) is 18.1 Å². The summed E-state index contributed by atoms with van der Waals surface area (Å²) in [5.74, 6) is 0.257. The van der Waals surface area contributed by atoms with Gasteiger partial charge in [0.25, 0.3) is 0 Å². The van der Waals surface area contributed by atoms with Crippen molar-refractivity contribution in [1.29, 1.82) is 0 Å². The number of aromatic hydroxyl groups is 1. The number of halogens is 1. The van der Waals surface area contributed by atoms with Gasteiger partial charge in [0, 0.05) is 23.8 Å². The van der Waals surface area contributed by atoms with Gasteiger partial charge in [-0.1, -0.05) is 23.7 Å². The van der Waals surface area contributed by atoms with Gasteiger partial charge >= 0.3 is 0 Å². The molecular formula is C13H12ClNO2. The number of carbonyl (C=O) groups excluding carboxylic acids is 1. The second-order valence-corrected chi connectivity index (χ2v) is 4.32. The van der Waals surface area contributed by atoms with Gasteiger partial charge in [-0.3, -0.25) is 4.79 Å². The maximum Gasteiger partial charge on any atom is 0.156 e. The largest absolute Gasteiger partial charge is 0.506 e. The molecule has 0 bridgehead atoms. The standard InChI is InChI=1S/C13H12ClNO2/c14-11-3-1-10(2-4-11)7-13(17)9-15-6-5-12(16)8-15/h1-6,8,16H,7,9H2. The van der Waals surface area contributed by atoms with Crippen molar-refractivity contribution in [1.82, 2.24) is 4.57 Å². The highest BCUT2D eigenvalue weighted by molar-refractivity contribution is 6.30. The zero-order chi connectivity index (χ0) is 12.3. The lowest BCUT2D eigenvalue weighted by molar-refractivity contribution is -0.119. The minimum atomic E-state index is 0.0860. The predicted octanol–water partition coefficient (Wildman–Crippen LogP) is 2.66. The van der Waals surface area contributed by atoms with Crippen molar-refractivity contribution in [2.24, 2.45) is 0 Å². The SMILES string of the molecule is O=C(Cc1ccc(Cl)cc1)Cn1ccc(O)c1. The lowest BCUT2D eigenvalue weighted by atomic mass is 10.1. The van der Waals surface area contributed by atoms with E-state index in [0.717, 1.165) is 5.56 Å². The van der Waals surface area contributed by atoms with E-state index in [2.05, 4.69) is 0 Å². The lowest BCUT2D eigenvalue weighted by Gasteiger charge is -2.02. The van der Waals surface area contributed by atoms with Gasteiger partial charge in [-0.15, -0.1) is 0 Å². The normalized spacial score (nSPS) is 10.4. The van der Waals surface area contributed by atoms with Crippen LogP contribution in [-0.2, 0) is 17.8 Å². The van der Waals surface area contributed by atoms with E-state index in [9.17, 15) is 4.79 Å². The molecule has 0 atom stereocenters. The summed E-state index contributed by atoms with van der Waals surface area (Å²) in [7, 11) is 0. The van der Waals surface area contributed by atoms with Gasteiger partial charge in [0.1, 0.15) is 5.75 Å². The van der Waals surface area contributed by atoms with Crippen LogP contribution in [0.15, 0.2) is 42.7 Å². The quantitative estimate of drug-likeness (QED) is 0.905. The van der Waals surface area contributed by atoms with Crippen molar-refractivity contribution in [2.45, 2.75) is 13.0 Å². The fourth-order valence-electron chi connectivity index (χ4n) is 1.62. The fourth-order valence-corrected chi connectivity index (χ4v) is 1.74. The van der Waals surface area contributed by atoms with Crippen LogP contribution >= 0.6 is 11.6 Å². The molecule has 2 rings (SSSR count). The molecule has 1 N–H and O–H groups in total. The molecule has 2 aromatic rings. The van der Waals surface area contributed by atoms with Crippen molar-refractivity contribution in [3.05, 3.63) is 53.3 Å². The van der Waals surface area contributed by atoms with Crippen LogP contribution in [0.1, 0.15) is 5.56 Å². The Morgan fingerprint density at radius 1 is 1.24 bits per heavy atom. The zero-order valence-electron chi connectivity index (χ0n) is 9.14. The summed E-state index contributed by atoms with van der Waals surface area (Å²) < 4.78 is 1.66. The maximum atomic E-state index is 11.7. The minimum absolute atomic E-state index is 0.0860. The van der Waals surface area contributed by atoms with Crippen LogP contribution in [-0.4, -0.2) is 15.5 Å². The van der Waals surface area contributed by atoms with E-state index in [4.69, 9.17) is 16.7 Å². The molecule has 0 fully saturated rings. The van der Waals surface area contributed by atoms with Gasteiger partial charge < -0.3 is 9.67 Å². The molecule has 1 aromatic heterocycles. The van der Waals surface area contributed by atoms with Crippen LogP contribution in [0, 0.1) is 0 Å². The molecule has 3 nitrogen and oxygen atoms in total. The highest BCUT2D eigenvalue weighted by Gasteiger charge is 2.05. The minimum Gasteiger partial charge on any atom is -0.506 e. The number of ketones is 1. The Labute approximate surface area is 104 Å². The van der Waals surface area contributed by atoms with E-state index in [0.29, 0.717) is 11.4 Å². The molecular weight excluding hydrogens is 238 g/mol. The Balaban J connectivity index is 1.95. The number of hydrogen-bond donors (Lipinski definition) is 1. The van der Waals surface area contributed by atoms with Crippen LogP contribution < -0.4 is 0 Å². The molecule has 0 amide bonds. The first kappa shape index (κ1) is 11.7. The molecule has 1 aromatic carbocycles. The van der Waals surface area contributed by atoms with Crippen LogP contribution in [0.3, 0.4) is 0 Å². The van der Waals surface area contributed by atoms with Crippen molar-refractivity contribution in [3.63, 3.8) is 0 Å². The number of Topliss-reactive ketones (excluding diaryl/α,β-unsaturated/α-hetero) is 1. The van der Waals surface area contributed by atoms with Crippen LogP contribution in [0.5, 0.6) is 5.75 Å². The summed E-state index contributed by atoms with van der Waals surface area (Å²) in [6.45, 7) is 0.267. The highest BCUT2D eigenvalue weighted by Crippen LogP contribution is 2.11. The Bertz CT molecular complexity index is 516. The fraction of sp³-hybridized carbons (Fsp3) is 0.154. The van der Waals surface area contributed by atoms with E-state index in [1.54, 1.807) is 29.0 Å². The Hall–Kier alpha value is -1.74. The molecule has 17 heavy (non-hydrogen) atoms. The van der Waals surface area contributed by atoms with Gasteiger partial charge in [0.05, 0.1) is 6.54 Å². The van der Waals surface area contributed by atoms with E-state index in [1.165, 1.54) is 6.20 Å². The first-order valence-corrected chi connectivity index (χ1v) is 5.62. The van der Waals surface area contributed by atoms with Gasteiger partial charge in [0.15, 0.2) is 5.78 Å². The number of nitrogens with zero attached hydrogens (tertiary/aromatic N) is 1. The maximum absolute atomic E-state index is 11.7. The van der Waals surface area contributed by atoms with Crippen LogP contribution in [0.2, 0.25) is 5.02 Å². The van der Waals surface area contributed by atoms with Crippen molar-refractivity contribution < 1.29 is 9.90 Å². The summed E-state index contributed by atoms with van der Waals surface area (Å²) in [5.41, 5.74) is 0.941. The van der Waals surface area contributed by atoms with E-state index >= 15 is 0 Å². The summed E-state index contributed by atoms with van der Waals surface area (Å²) in [5, 5.41) is 9.80.